The first kappa shape index (κ1) is 48.5. The fourth-order valence-corrected chi connectivity index (χ4v) is 10.8. The summed E-state index contributed by atoms with van der Waals surface area (Å²) in [6, 6.07) is 45.2. The van der Waals surface area contributed by atoms with Crippen LogP contribution in [0.15, 0.2) is 158 Å². The van der Waals surface area contributed by atoms with Crippen LogP contribution in [-0.2, 0) is 47.1 Å². The first-order chi connectivity index (χ1) is 35.7. The maximum Gasteiger partial charge on any atom is 0.421 e. The van der Waals surface area contributed by atoms with Crippen LogP contribution < -0.4 is 15.0 Å². The molecule has 1 spiro atoms. The smallest absolute Gasteiger partial charge is 0.421 e. The van der Waals surface area contributed by atoms with Crippen LogP contribution in [0, 0.1) is 17.8 Å². The van der Waals surface area contributed by atoms with Gasteiger partial charge in [0.2, 0.25) is 11.8 Å². The largest absolute Gasteiger partial charge is 0.491 e. The Morgan fingerprint density at radius 2 is 1.53 bits per heavy atom. The van der Waals surface area contributed by atoms with Crippen molar-refractivity contribution in [1.29, 1.82) is 0 Å². The number of rotatable bonds is 15. The summed E-state index contributed by atoms with van der Waals surface area (Å²) in [5.41, 5.74) is 3.37. The summed E-state index contributed by atoms with van der Waals surface area (Å²) in [5, 5.41) is 12.9. The number of para-hydroxylation sites is 2. The molecule has 6 aromatic carbocycles. The predicted octanol–water partition coefficient (Wildman–Crippen LogP) is 7.18. The molecule has 0 saturated carbocycles. The van der Waals surface area contributed by atoms with Gasteiger partial charge in [0.1, 0.15) is 42.3 Å². The Kier molecular flexibility index (Phi) is 14.1. The lowest BCUT2D eigenvalue weighted by Crippen LogP contribution is -2.55. The molecule has 3 N–H and O–H groups in total. The molecule has 370 valence electrons. The van der Waals surface area contributed by atoms with Crippen LogP contribution in [0.2, 0.25) is 0 Å². The third-order valence-electron chi connectivity index (χ3n) is 13.7. The number of ether oxygens (including phenoxy) is 4. The molecule has 7 aromatic rings. The Bertz CT molecular complexity index is 3160. The van der Waals surface area contributed by atoms with Crippen LogP contribution in [0.3, 0.4) is 0 Å². The van der Waals surface area contributed by atoms with E-state index in [1.54, 1.807) is 36.4 Å². The van der Waals surface area contributed by atoms with Crippen molar-refractivity contribution in [2.24, 2.45) is 5.92 Å². The van der Waals surface area contributed by atoms with E-state index >= 15 is 14.4 Å². The molecule has 3 amide bonds. The molecule has 2 saturated heterocycles. The Morgan fingerprint density at radius 1 is 0.822 bits per heavy atom. The van der Waals surface area contributed by atoms with Crippen molar-refractivity contribution < 1.29 is 43.2 Å². The first-order valence-corrected chi connectivity index (χ1v) is 24.2. The van der Waals surface area contributed by atoms with E-state index in [1.165, 1.54) is 7.11 Å². The summed E-state index contributed by atoms with van der Waals surface area (Å²) >= 11 is 0. The Balaban J connectivity index is 1.21. The van der Waals surface area contributed by atoms with Crippen molar-refractivity contribution in [2.75, 3.05) is 52.0 Å². The summed E-state index contributed by atoms with van der Waals surface area (Å²) in [7, 11) is 3.45. The van der Waals surface area contributed by atoms with Crippen molar-refractivity contribution in [2.45, 2.75) is 42.7 Å². The number of nitrogens with zero attached hydrogens (tertiary/aromatic N) is 4. The van der Waals surface area contributed by atoms with E-state index in [-0.39, 0.29) is 44.2 Å². The van der Waals surface area contributed by atoms with Gasteiger partial charge in [-0.1, -0.05) is 127 Å². The van der Waals surface area contributed by atoms with Crippen LogP contribution in [-0.4, -0.2) is 102 Å². The number of aromatic nitrogens is 2. The van der Waals surface area contributed by atoms with Gasteiger partial charge in [-0.25, -0.2) is 14.7 Å². The van der Waals surface area contributed by atoms with Crippen molar-refractivity contribution in [1.82, 2.24) is 25.1 Å². The molecule has 0 aliphatic carbocycles. The number of imide groups is 1. The maximum absolute atomic E-state index is 16.6. The maximum atomic E-state index is 16.6. The average molecular weight is 979 g/mol. The van der Waals surface area contributed by atoms with Gasteiger partial charge in [-0.15, -0.1) is 0 Å². The fraction of sp³-hybridized carbons (Fsp3) is 0.259. The second-order valence-electron chi connectivity index (χ2n) is 18.3. The normalized spacial score (nSPS) is 21.1. The fourth-order valence-electron chi connectivity index (χ4n) is 10.8. The number of anilines is 1. The zero-order valence-electron chi connectivity index (χ0n) is 40.3. The highest BCUT2D eigenvalue weighted by molar-refractivity contribution is 6.23. The molecule has 0 radical (unpaired) electrons. The number of aromatic amines is 1. The number of imidazole rings is 1. The molecule has 0 bridgehead atoms. The summed E-state index contributed by atoms with van der Waals surface area (Å²) < 4.78 is 23.6. The first-order valence-electron chi connectivity index (χ1n) is 24.2. The second kappa shape index (κ2) is 21.3. The summed E-state index contributed by atoms with van der Waals surface area (Å²) in [5.74, 6) is 3.64. The number of esters is 1. The van der Waals surface area contributed by atoms with Crippen molar-refractivity contribution >= 4 is 40.6 Å². The number of hydrogen-bond acceptors (Lipinski definition) is 12. The van der Waals surface area contributed by atoms with Crippen molar-refractivity contribution in [3.63, 3.8) is 0 Å². The molecule has 10 rings (SSSR count). The van der Waals surface area contributed by atoms with Crippen LogP contribution in [0.1, 0.15) is 57.4 Å². The molecule has 2 fully saturated rings. The Labute approximate surface area is 422 Å². The van der Waals surface area contributed by atoms with Gasteiger partial charge in [-0.2, -0.15) is 0 Å². The minimum atomic E-state index is -2.08. The molecule has 0 unspecified atom stereocenters. The lowest BCUT2D eigenvalue weighted by atomic mass is 9.65. The van der Waals surface area contributed by atoms with Crippen LogP contribution >= 0.6 is 0 Å². The van der Waals surface area contributed by atoms with Gasteiger partial charge in [0.15, 0.2) is 0 Å². The number of fused-ring (bicyclic) bond motifs is 4. The standard InChI is InChI=1S/C58H54N6O9/c1-62(37-39-16-6-3-7-17-39)29-15-18-38-27-28-47-44(34-38)58(56(68)63(47)57(69)72-33-32-70-2)49(54(66)59-36-48-60-45-25-12-13-26-46(45)61-48)51-55(67)73-52(41-21-10-5-11-22-41)50(40-19-8-4-9-20-40)64(51)53(58)42-23-14-24-43(35-42)71-31-30-65/h3-14,16-17,19-28,34-35,49-53,65H,29-33,36-37H2,1-2H3,(H,59,66)(H,60,61)/t49-,50-,51-,52+,53+,58-/m1/s1. The number of aliphatic hydroxyl groups is 1. The molecule has 73 heavy (non-hydrogen) atoms. The summed E-state index contributed by atoms with van der Waals surface area (Å²) in [6.07, 6.45) is -1.93. The molecule has 6 atom stereocenters. The highest BCUT2D eigenvalue weighted by atomic mass is 16.6. The number of cyclic esters (lactones) is 1. The van der Waals surface area contributed by atoms with Gasteiger partial charge in [-0.05, 0) is 77.3 Å². The molecule has 3 aliphatic rings. The topological polar surface area (TPSA) is 176 Å². The molecule has 15 heteroatoms. The van der Waals surface area contributed by atoms with Crippen LogP contribution in [0.25, 0.3) is 11.0 Å². The third-order valence-corrected chi connectivity index (χ3v) is 13.7. The minimum Gasteiger partial charge on any atom is -0.491 e. The number of H-pyrrole nitrogens is 1. The molecular formula is C58H54N6O9. The second-order valence-corrected chi connectivity index (χ2v) is 18.3. The third kappa shape index (κ3) is 9.33. The number of carbonyl (C=O) groups is 4. The predicted molar refractivity (Wildman–Crippen MR) is 272 cm³/mol. The lowest BCUT2D eigenvalue weighted by Gasteiger charge is -2.46. The highest BCUT2D eigenvalue weighted by Crippen LogP contribution is 2.66. The van der Waals surface area contributed by atoms with E-state index in [0.29, 0.717) is 46.9 Å². The van der Waals surface area contributed by atoms with Gasteiger partial charge >= 0.3 is 12.1 Å². The van der Waals surface area contributed by atoms with E-state index in [9.17, 15) is 9.90 Å². The highest BCUT2D eigenvalue weighted by Gasteiger charge is 2.75. The van der Waals surface area contributed by atoms with Gasteiger partial charge < -0.3 is 34.4 Å². The average Bonchev–Trinajstić information content (AvgIpc) is 4.06. The number of amides is 3. The monoisotopic (exact) mass is 978 g/mol. The summed E-state index contributed by atoms with van der Waals surface area (Å²) in [6.45, 7) is 0.535. The number of hydrogen-bond donors (Lipinski definition) is 3. The van der Waals surface area contributed by atoms with E-state index < -0.39 is 59.4 Å². The zero-order chi connectivity index (χ0) is 50.5. The van der Waals surface area contributed by atoms with E-state index in [2.05, 4.69) is 39.2 Å². The van der Waals surface area contributed by atoms with Crippen molar-refractivity contribution in [3.8, 4) is 17.6 Å². The Hall–Kier alpha value is -8.13. The number of benzene rings is 6. The molecule has 4 heterocycles. The number of methoxy groups -OCH3 is 1. The number of morpholine rings is 1. The summed E-state index contributed by atoms with van der Waals surface area (Å²) in [4.78, 5) is 75.6. The van der Waals surface area contributed by atoms with Gasteiger partial charge in [0, 0.05) is 19.2 Å². The Morgan fingerprint density at radius 3 is 2.27 bits per heavy atom. The van der Waals surface area contributed by atoms with Crippen LogP contribution in [0.5, 0.6) is 5.75 Å². The van der Waals surface area contributed by atoms with Gasteiger partial charge in [0.05, 0.1) is 61.0 Å². The zero-order valence-corrected chi connectivity index (χ0v) is 40.3. The van der Waals surface area contributed by atoms with E-state index in [1.807, 2.05) is 121 Å². The van der Waals surface area contributed by atoms with E-state index in [0.717, 1.165) is 21.5 Å². The quantitative estimate of drug-likeness (QED) is 0.0537. The number of nitrogens with one attached hydrogen (secondary N) is 2. The minimum absolute atomic E-state index is 0.0289. The lowest BCUT2D eigenvalue weighted by molar-refractivity contribution is -0.178. The SMILES string of the molecule is COCCOC(=O)N1C(=O)[C@@]2(c3cc(C#CCN(C)Cc4ccccc4)ccc31)[C@H](c1cccc(OCCO)c1)N1[C@H](c3ccccc3)[C@H](c3ccccc3)OC(=O)[C@H]1[C@@H]2C(=O)NCc1nc2ccccc2[nH]1. The molecule has 3 aliphatic heterocycles. The van der Waals surface area contributed by atoms with E-state index in [4.69, 9.17) is 23.9 Å². The van der Waals surface area contributed by atoms with Gasteiger partial charge in [-0.3, -0.25) is 24.2 Å². The van der Waals surface area contributed by atoms with Gasteiger partial charge in [0.25, 0.3) is 0 Å². The van der Waals surface area contributed by atoms with Crippen LogP contribution in [0.4, 0.5) is 10.5 Å². The molecule has 15 nitrogen and oxygen atoms in total. The number of aliphatic hydroxyl groups excluding tert-OH is 1. The molecular weight excluding hydrogens is 925 g/mol. The number of carbonyl (C=O) groups excluding carboxylic acids is 4. The van der Waals surface area contributed by atoms with Crippen molar-refractivity contribution in [3.05, 3.63) is 197 Å². The molecule has 1 aromatic heterocycles.